The molecule has 0 fully saturated rings. The minimum Gasteiger partial charge on any atom is -0.394 e. The molecule has 0 aromatic heterocycles. The highest BCUT2D eigenvalue weighted by Crippen LogP contribution is 2.09. The molecule has 0 unspecified atom stereocenters. The van der Waals surface area contributed by atoms with Gasteiger partial charge in [-0.15, -0.1) is 0 Å². The Morgan fingerprint density at radius 3 is 2.37 bits per heavy atom. The summed E-state index contributed by atoms with van der Waals surface area (Å²) < 4.78 is 0. The van der Waals surface area contributed by atoms with E-state index < -0.39 is 11.6 Å². The Kier molecular flexibility index (Phi) is 7.63. The van der Waals surface area contributed by atoms with Crippen LogP contribution >= 0.6 is 0 Å². The molecule has 112 valence electrons. The standard InChI is InChI=1S/C13H27N3O3/c1-10(2)6-7-14-12(19)15-11(18)8-16(5)13(3,4)9-17/h10,17H,6-9H2,1-5H3,(H2,14,15,18,19). The number of carbonyl (C=O) groups excluding carboxylic acids is 2. The third kappa shape index (κ3) is 7.79. The number of urea groups is 1. The van der Waals surface area contributed by atoms with E-state index >= 15 is 0 Å². The normalized spacial score (nSPS) is 11.8. The van der Waals surface area contributed by atoms with Crippen LogP contribution in [0.5, 0.6) is 0 Å². The lowest BCUT2D eigenvalue weighted by atomic mass is 10.1. The molecular formula is C13H27N3O3. The Labute approximate surface area is 115 Å². The van der Waals surface area contributed by atoms with E-state index in [4.69, 9.17) is 0 Å². The predicted octanol–water partition coefficient (Wildman–Crippen LogP) is 0.561. The van der Waals surface area contributed by atoms with Gasteiger partial charge < -0.3 is 10.4 Å². The van der Waals surface area contributed by atoms with Crippen molar-refractivity contribution in [2.75, 3.05) is 26.7 Å². The van der Waals surface area contributed by atoms with Crippen LogP contribution in [0.3, 0.4) is 0 Å². The van der Waals surface area contributed by atoms with Gasteiger partial charge in [-0.3, -0.25) is 15.0 Å². The first kappa shape index (κ1) is 17.9. The molecule has 6 heteroatoms. The molecule has 0 aliphatic rings. The topological polar surface area (TPSA) is 81.7 Å². The van der Waals surface area contributed by atoms with Crippen LogP contribution in [0.15, 0.2) is 0 Å². The fraction of sp³-hybridized carbons (Fsp3) is 0.846. The molecule has 0 spiro atoms. The highest BCUT2D eigenvalue weighted by atomic mass is 16.3. The van der Waals surface area contributed by atoms with Gasteiger partial charge in [0.25, 0.3) is 0 Å². The summed E-state index contributed by atoms with van der Waals surface area (Å²) in [5.74, 6) is 0.124. The predicted molar refractivity (Wildman–Crippen MR) is 74.8 cm³/mol. The van der Waals surface area contributed by atoms with E-state index in [1.807, 2.05) is 13.8 Å². The lowest BCUT2D eigenvalue weighted by Crippen LogP contribution is -2.50. The van der Waals surface area contributed by atoms with Crippen LogP contribution in [0.25, 0.3) is 0 Å². The summed E-state index contributed by atoms with van der Waals surface area (Å²) in [6.07, 6.45) is 0.874. The highest BCUT2D eigenvalue weighted by Gasteiger charge is 2.24. The van der Waals surface area contributed by atoms with Gasteiger partial charge in [-0.05, 0) is 33.2 Å². The van der Waals surface area contributed by atoms with Gasteiger partial charge in [0.05, 0.1) is 13.2 Å². The monoisotopic (exact) mass is 273 g/mol. The van der Waals surface area contributed by atoms with Crippen LogP contribution in [0.4, 0.5) is 4.79 Å². The second-order valence-electron chi connectivity index (χ2n) is 5.81. The summed E-state index contributed by atoms with van der Waals surface area (Å²) in [7, 11) is 1.73. The van der Waals surface area contributed by atoms with Crippen molar-refractivity contribution in [3.8, 4) is 0 Å². The molecule has 0 bridgehead atoms. The zero-order valence-electron chi connectivity index (χ0n) is 12.6. The van der Waals surface area contributed by atoms with Crippen LogP contribution in [0, 0.1) is 5.92 Å². The van der Waals surface area contributed by atoms with Crippen molar-refractivity contribution in [2.24, 2.45) is 5.92 Å². The van der Waals surface area contributed by atoms with Gasteiger partial charge in [0.2, 0.25) is 5.91 Å². The zero-order chi connectivity index (χ0) is 15.1. The van der Waals surface area contributed by atoms with E-state index in [0.29, 0.717) is 12.5 Å². The fourth-order valence-corrected chi connectivity index (χ4v) is 1.23. The van der Waals surface area contributed by atoms with Crippen molar-refractivity contribution in [1.82, 2.24) is 15.5 Å². The SMILES string of the molecule is CC(C)CCNC(=O)NC(=O)CN(C)C(C)(C)CO. The maximum atomic E-state index is 11.6. The number of aliphatic hydroxyl groups excluding tert-OH is 1. The van der Waals surface area contributed by atoms with Crippen molar-refractivity contribution >= 4 is 11.9 Å². The van der Waals surface area contributed by atoms with Gasteiger partial charge in [0.15, 0.2) is 0 Å². The molecule has 0 radical (unpaired) electrons. The molecule has 6 nitrogen and oxygen atoms in total. The van der Waals surface area contributed by atoms with Crippen molar-refractivity contribution < 1.29 is 14.7 Å². The first-order valence-electron chi connectivity index (χ1n) is 6.59. The molecule has 19 heavy (non-hydrogen) atoms. The van der Waals surface area contributed by atoms with Gasteiger partial charge in [-0.25, -0.2) is 4.79 Å². The van der Waals surface area contributed by atoms with Crippen molar-refractivity contribution in [3.63, 3.8) is 0 Å². The number of carbonyl (C=O) groups is 2. The molecule has 0 heterocycles. The Morgan fingerprint density at radius 1 is 1.32 bits per heavy atom. The number of nitrogens with one attached hydrogen (secondary N) is 2. The van der Waals surface area contributed by atoms with Crippen LogP contribution < -0.4 is 10.6 Å². The van der Waals surface area contributed by atoms with E-state index in [-0.39, 0.29) is 19.1 Å². The lowest BCUT2D eigenvalue weighted by molar-refractivity contribution is -0.122. The summed E-state index contributed by atoms with van der Waals surface area (Å²) in [6, 6.07) is -0.471. The molecule has 0 aliphatic carbocycles. The molecule has 0 aromatic rings. The average molecular weight is 273 g/mol. The first-order chi connectivity index (χ1) is 8.69. The minimum atomic E-state index is -0.495. The number of nitrogens with zero attached hydrogens (tertiary/aromatic N) is 1. The van der Waals surface area contributed by atoms with E-state index in [1.54, 1.807) is 11.9 Å². The molecule has 3 N–H and O–H groups in total. The number of likely N-dealkylation sites (N-methyl/N-ethyl adjacent to an activating group) is 1. The van der Waals surface area contributed by atoms with E-state index in [9.17, 15) is 14.7 Å². The number of hydrogen-bond donors (Lipinski definition) is 3. The van der Waals surface area contributed by atoms with Crippen molar-refractivity contribution in [3.05, 3.63) is 0 Å². The van der Waals surface area contributed by atoms with Crippen LogP contribution in [0.1, 0.15) is 34.1 Å². The number of rotatable bonds is 7. The second kappa shape index (κ2) is 8.12. The molecule has 0 rings (SSSR count). The number of imide groups is 1. The largest absolute Gasteiger partial charge is 0.394 e. The van der Waals surface area contributed by atoms with Gasteiger partial charge >= 0.3 is 6.03 Å². The maximum Gasteiger partial charge on any atom is 0.321 e. The first-order valence-corrected chi connectivity index (χ1v) is 6.59. The molecule has 3 amide bonds. The maximum absolute atomic E-state index is 11.6. The zero-order valence-corrected chi connectivity index (χ0v) is 12.6. The molecular weight excluding hydrogens is 246 g/mol. The summed E-state index contributed by atoms with van der Waals surface area (Å²) >= 11 is 0. The third-order valence-electron chi connectivity index (χ3n) is 3.06. The Balaban J connectivity index is 4.01. The summed E-state index contributed by atoms with van der Waals surface area (Å²) in [4.78, 5) is 24.8. The van der Waals surface area contributed by atoms with Crippen LogP contribution in [-0.4, -0.2) is 54.2 Å². The fourth-order valence-electron chi connectivity index (χ4n) is 1.23. The summed E-state index contributed by atoms with van der Waals surface area (Å²) in [5, 5.41) is 14.1. The summed E-state index contributed by atoms with van der Waals surface area (Å²) in [5.41, 5.74) is -0.495. The molecule has 0 aliphatic heterocycles. The smallest absolute Gasteiger partial charge is 0.321 e. The van der Waals surface area contributed by atoms with Gasteiger partial charge in [-0.2, -0.15) is 0 Å². The van der Waals surface area contributed by atoms with Crippen LogP contribution in [0.2, 0.25) is 0 Å². The highest BCUT2D eigenvalue weighted by molar-refractivity contribution is 5.95. The number of aliphatic hydroxyl groups is 1. The Morgan fingerprint density at radius 2 is 1.89 bits per heavy atom. The van der Waals surface area contributed by atoms with Crippen molar-refractivity contribution in [2.45, 2.75) is 39.7 Å². The molecule has 0 atom stereocenters. The Hall–Kier alpha value is -1.14. The van der Waals surface area contributed by atoms with Gasteiger partial charge in [0, 0.05) is 12.1 Å². The molecule has 0 aromatic carbocycles. The van der Waals surface area contributed by atoms with Crippen molar-refractivity contribution in [1.29, 1.82) is 0 Å². The van der Waals surface area contributed by atoms with E-state index in [2.05, 4.69) is 24.5 Å². The quantitative estimate of drug-likeness (QED) is 0.633. The third-order valence-corrected chi connectivity index (χ3v) is 3.06. The van der Waals surface area contributed by atoms with Crippen LogP contribution in [-0.2, 0) is 4.79 Å². The molecule has 0 saturated carbocycles. The number of amides is 3. The van der Waals surface area contributed by atoms with Gasteiger partial charge in [0.1, 0.15) is 0 Å². The summed E-state index contributed by atoms with van der Waals surface area (Å²) in [6.45, 7) is 8.33. The Bertz CT molecular complexity index is 304. The average Bonchev–Trinajstić information content (AvgIpc) is 2.27. The molecule has 0 saturated heterocycles. The second-order valence-corrected chi connectivity index (χ2v) is 5.81. The number of hydrogen-bond acceptors (Lipinski definition) is 4. The van der Waals surface area contributed by atoms with Gasteiger partial charge in [-0.1, -0.05) is 13.8 Å². The van der Waals surface area contributed by atoms with E-state index in [0.717, 1.165) is 6.42 Å². The lowest BCUT2D eigenvalue weighted by Gasteiger charge is -2.33. The van der Waals surface area contributed by atoms with E-state index in [1.165, 1.54) is 0 Å². The minimum absolute atomic E-state index is 0.0582.